The summed E-state index contributed by atoms with van der Waals surface area (Å²) in [4.78, 5) is 11.7. The number of carbonyl (C=O) groups excluding carboxylic acids is 1. The van der Waals surface area contributed by atoms with Crippen molar-refractivity contribution in [1.82, 2.24) is 0 Å². The molecular weight excluding hydrogens is 330 g/mol. The monoisotopic (exact) mass is 343 g/mol. The second-order valence-corrected chi connectivity index (χ2v) is 4.59. The second-order valence-electron chi connectivity index (χ2n) is 4.59. The topological polar surface area (TPSA) is 47.6 Å². The number of amides is 1. The molecule has 128 valence electrons. The molecule has 0 unspecified atom stereocenters. The van der Waals surface area contributed by atoms with E-state index in [4.69, 9.17) is 4.74 Å². The van der Waals surface area contributed by atoms with Crippen LogP contribution in [0.3, 0.4) is 0 Å². The van der Waals surface area contributed by atoms with E-state index in [1.165, 1.54) is 0 Å². The number of nitrogens with one attached hydrogen (secondary N) is 1. The summed E-state index contributed by atoms with van der Waals surface area (Å²) in [5, 5.41) is 2.40. The lowest BCUT2D eigenvalue weighted by molar-refractivity contribution is -0.118. The molecule has 2 aromatic rings. The van der Waals surface area contributed by atoms with E-state index in [1.807, 2.05) is 6.92 Å². The van der Waals surface area contributed by atoms with Crippen LogP contribution in [0.15, 0.2) is 30.3 Å². The fourth-order valence-electron chi connectivity index (χ4n) is 1.81. The summed E-state index contributed by atoms with van der Waals surface area (Å²) in [5.41, 5.74) is 0.387. The van der Waals surface area contributed by atoms with E-state index in [2.05, 4.69) is 10.1 Å². The Hall–Kier alpha value is -2.77. The summed E-state index contributed by atoms with van der Waals surface area (Å²) in [6.45, 7) is 1.48. The SMILES string of the molecule is CCOc1ccc(NC(=O)COc2c(F)c(F)cc(F)c2F)cc1. The van der Waals surface area contributed by atoms with Crippen molar-refractivity contribution in [2.45, 2.75) is 6.92 Å². The molecule has 0 aliphatic carbocycles. The van der Waals surface area contributed by atoms with E-state index < -0.39 is 41.5 Å². The highest BCUT2D eigenvalue weighted by Crippen LogP contribution is 2.26. The Morgan fingerprint density at radius 2 is 1.58 bits per heavy atom. The highest BCUT2D eigenvalue weighted by Gasteiger charge is 2.21. The van der Waals surface area contributed by atoms with Crippen LogP contribution >= 0.6 is 0 Å². The maximum atomic E-state index is 13.4. The summed E-state index contributed by atoms with van der Waals surface area (Å²) < 4.78 is 62.6. The zero-order valence-electron chi connectivity index (χ0n) is 12.5. The minimum atomic E-state index is -1.71. The number of carbonyl (C=O) groups is 1. The van der Waals surface area contributed by atoms with Gasteiger partial charge >= 0.3 is 0 Å². The summed E-state index contributed by atoms with van der Waals surface area (Å²) in [5.74, 6) is -8.08. The van der Waals surface area contributed by atoms with Gasteiger partial charge in [-0.25, -0.2) is 8.78 Å². The van der Waals surface area contributed by atoms with Gasteiger partial charge in [0.15, 0.2) is 24.0 Å². The largest absolute Gasteiger partial charge is 0.494 e. The standard InChI is InChI=1S/C16H13F4NO3/c1-2-23-10-5-3-9(4-6-10)21-13(22)8-24-16-14(19)11(17)7-12(18)15(16)20/h3-7H,2,8H2,1H3,(H,21,22). The average Bonchev–Trinajstić information content (AvgIpc) is 2.55. The number of hydrogen-bond acceptors (Lipinski definition) is 3. The van der Waals surface area contributed by atoms with Crippen LogP contribution in [0.5, 0.6) is 11.5 Å². The molecule has 0 atom stereocenters. The van der Waals surface area contributed by atoms with Gasteiger partial charge < -0.3 is 14.8 Å². The van der Waals surface area contributed by atoms with Crippen LogP contribution in [0.1, 0.15) is 6.92 Å². The molecule has 0 saturated heterocycles. The molecule has 0 aliphatic rings. The molecule has 0 fully saturated rings. The summed E-state index contributed by atoms with van der Waals surface area (Å²) in [6, 6.07) is 6.37. The van der Waals surface area contributed by atoms with Crippen LogP contribution in [-0.4, -0.2) is 19.1 Å². The number of anilines is 1. The van der Waals surface area contributed by atoms with E-state index in [-0.39, 0.29) is 6.07 Å². The Labute approximate surface area is 135 Å². The van der Waals surface area contributed by atoms with Crippen LogP contribution in [-0.2, 0) is 4.79 Å². The van der Waals surface area contributed by atoms with Crippen molar-refractivity contribution < 1.29 is 31.8 Å². The lowest BCUT2D eigenvalue weighted by Crippen LogP contribution is -2.21. The maximum absolute atomic E-state index is 13.4. The van der Waals surface area contributed by atoms with Gasteiger partial charge in [-0.3, -0.25) is 4.79 Å². The van der Waals surface area contributed by atoms with Crippen LogP contribution in [0.4, 0.5) is 23.2 Å². The van der Waals surface area contributed by atoms with Crippen molar-refractivity contribution in [3.8, 4) is 11.5 Å². The molecule has 1 N–H and O–H groups in total. The Morgan fingerprint density at radius 1 is 1.00 bits per heavy atom. The van der Waals surface area contributed by atoms with Crippen molar-refractivity contribution in [2.24, 2.45) is 0 Å². The fraction of sp³-hybridized carbons (Fsp3) is 0.188. The number of benzene rings is 2. The molecule has 1 amide bonds. The molecule has 0 bridgehead atoms. The molecular formula is C16H13F4NO3. The van der Waals surface area contributed by atoms with E-state index in [0.717, 1.165) is 0 Å². The first-order valence-corrected chi connectivity index (χ1v) is 6.91. The van der Waals surface area contributed by atoms with E-state index >= 15 is 0 Å². The third kappa shape index (κ3) is 4.15. The van der Waals surface area contributed by atoms with Crippen molar-refractivity contribution in [3.05, 3.63) is 53.6 Å². The first-order valence-electron chi connectivity index (χ1n) is 6.91. The molecule has 2 rings (SSSR count). The van der Waals surface area contributed by atoms with Crippen LogP contribution < -0.4 is 14.8 Å². The fourth-order valence-corrected chi connectivity index (χ4v) is 1.81. The highest BCUT2D eigenvalue weighted by molar-refractivity contribution is 5.91. The highest BCUT2D eigenvalue weighted by atomic mass is 19.2. The van der Waals surface area contributed by atoms with Gasteiger partial charge in [0.1, 0.15) is 5.75 Å². The van der Waals surface area contributed by atoms with Gasteiger partial charge in [0.25, 0.3) is 5.91 Å². The van der Waals surface area contributed by atoms with E-state index in [1.54, 1.807) is 24.3 Å². The number of halogens is 4. The average molecular weight is 343 g/mol. The molecule has 0 heterocycles. The molecule has 2 aromatic carbocycles. The second kappa shape index (κ2) is 7.67. The van der Waals surface area contributed by atoms with Crippen molar-refractivity contribution in [3.63, 3.8) is 0 Å². The van der Waals surface area contributed by atoms with Gasteiger partial charge in [-0.05, 0) is 31.2 Å². The van der Waals surface area contributed by atoms with Gasteiger partial charge in [-0.2, -0.15) is 8.78 Å². The minimum Gasteiger partial charge on any atom is -0.494 e. The molecule has 4 nitrogen and oxygen atoms in total. The molecule has 0 spiro atoms. The normalized spacial score (nSPS) is 10.4. The predicted octanol–water partition coefficient (Wildman–Crippen LogP) is 3.66. The Bertz CT molecular complexity index is 709. The Balaban J connectivity index is 1.99. The smallest absolute Gasteiger partial charge is 0.262 e. The van der Waals surface area contributed by atoms with Gasteiger partial charge in [-0.1, -0.05) is 0 Å². The summed E-state index contributed by atoms with van der Waals surface area (Å²) >= 11 is 0. The van der Waals surface area contributed by atoms with Crippen molar-refractivity contribution in [2.75, 3.05) is 18.5 Å². The Morgan fingerprint density at radius 3 is 2.12 bits per heavy atom. The summed E-state index contributed by atoms with van der Waals surface area (Å²) in [6.07, 6.45) is 0. The minimum absolute atomic E-state index is 0.0531. The third-order valence-electron chi connectivity index (χ3n) is 2.87. The first-order chi connectivity index (χ1) is 11.4. The van der Waals surface area contributed by atoms with Gasteiger partial charge in [0.05, 0.1) is 6.61 Å². The van der Waals surface area contributed by atoms with Crippen LogP contribution in [0, 0.1) is 23.3 Å². The number of rotatable bonds is 6. The van der Waals surface area contributed by atoms with Crippen LogP contribution in [0.2, 0.25) is 0 Å². The third-order valence-corrected chi connectivity index (χ3v) is 2.87. The van der Waals surface area contributed by atoms with Crippen molar-refractivity contribution in [1.29, 1.82) is 0 Å². The van der Waals surface area contributed by atoms with Crippen LogP contribution in [0.25, 0.3) is 0 Å². The molecule has 0 aromatic heterocycles. The molecule has 24 heavy (non-hydrogen) atoms. The number of hydrogen-bond donors (Lipinski definition) is 1. The molecule has 0 radical (unpaired) electrons. The Kier molecular flexibility index (Phi) is 5.62. The van der Waals surface area contributed by atoms with Gasteiger partial charge in [0.2, 0.25) is 11.6 Å². The van der Waals surface area contributed by atoms with Crippen molar-refractivity contribution >= 4 is 11.6 Å². The van der Waals surface area contributed by atoms with Gasteiger partial charge in [0, 0.05) is 11.8 Å². The quantitative estimate of drug-likeness (QED) is 0.643. The summed E-state index contributed by atoms with van der Waals surface area (Å²) in [7, 11) is 0. The maximum Gasteiger partial charge on any atom is 0.262 e. The van der Waals surface area contributed by atoms with Gasteiger partial charge in [-0.15, -0.1) is 0 Å². The number of ether oxygens (including phenoxy) is 2. The molecule has 0 aliphatic heterocycles. The molecule has 8 heteroatoms. The zero-order valence-corrected chi connectivity index (χ0v) is 12.5. The lowest BCUT2D eigenvalue weighted by atomic mass is 10.3. The van der Waals surface area contributed by atoms with E-state index in [0.29, 0.717) is 18.0 Å². The lowest BCUT2D eigenvalue weighted by Gasteiger charge is -2.10. The van der Waals surface area contributed by atoms with E-state index in [9.17, 15) is 22.4 Å². The zero-order chi connectivity index (χ0) is 17.7. The predicted molar refractivity (Wildman–Crippen MR) is 78.0 cm³/mol. The molecule has 0 saturated carbocycles. The first kappa shape index (κ1) is 17.6.